The number of rotatable bonds is 1. The molecule has 66 valence electrons. The SMILES string of the molecule is Cc1nn(N)cc1-c1ccccc1. The standard InChI is InChI=1S/C10H11N3/c1-8-10(7-13(11)12-8)9-5-3-2-4-6-9/h2-7H,11H2,1H3. The summed E-state index contributed by atoms with van der Waals surface area (Å²) in [7, 11) is 0. The molecule has 0 aliphatic carbocycles. The molecule has 0 aliphatic heterocycles. The van der Waals surface area contributed by atoms with Crippen molar-refractivity contribution < 1.29 is 0 Å². The lowest BCUT2D eigenvalue weighted by atomic mass is 10.1. The fraction of sp³-hybridized carbons (Fsp3) is 0.100. The van der Waals surface area contributed by atoms with E-state index in [-0.39, 0.29) is 0 Å². The van der Waals surface area contributed by atoms with Gasteiger partial charge in [-0.25, -0.2) is 0 Å². The van der Waals surface area contributed by atoms with Gasteiger partial charge in [-0.05, 0) is 12.5 Å². The van der Waals surface area contributed by atoms with Gasteiger partial charge >= 0.3 is 0 Å². The van der Waals surface area contributed by atoms with E-state index in [2.05, 4.69) is 5.10 Å². The topological polar surface area (TPSA) is 43.8 Å². The lowest BCUT2D eigenvalue weighted by molar-refractivity contribution is 0.817. The van der Waals surface area contributed by atoms with Gasteiger partial charge in [0.15, 0.2) is 0 Å². The Kier molecular flexibility index (Phi) is 1.77. The lowest BCUT2D eigenvalue weighted by Gasteiger charge is -1.96. The zero-order valence-electron chi connectivity index (χ0n) is 7.44. The normalized spacial score (nSPS) is 10.2. The third-order valence-electron chi connectivity index (χ3n) is 2.00. The number of hydrogen-bond acceptors (Lipinski definition) is 2. The highest BCUT2D eigenvalue weighted by Crippen LogP contribution is 2.20. The van der Waals surface area contributed by atoms with Crippen LogP contribution in [-0.2, 0) is 0 Å². The predicted molar refractivity (Wildman–Crippen MR) is 52.6 cm³/mol. The molecule has 2 N–H and O–H groups in total. The highest BCUT2D eigenvalue weighted by molar-refractivity contribution is 5.64. The summed E-state index contributed by atoms with van der Waals surface area (Å²) in [6, 6.07) is 10.1. The molecule has 1 aromatic heterocycles. The Morgan fingerprint density at radius 2 is 1.92 bits per heavy atom. The molecule has 0 bridgehead atoms. The first-order valence-corrected chi connectivity index (χ1v) is 4.14. The van der Waals surface area contributed by atoms with Crippen molar-refractivity contribution in [1.29, 1.82) is 0 Å². The molecule has 0 radical (unpaired) electrons. The summed E-state index contributed by atoms with van der Waals surface area (Å²) in [4.78, 5) is 1.34. The van der Waals surface area contributed by atoms with Crippen LogP contribution in [0.2, 0.25) is 0 Å². The average molecular weight is 173 g/mol. The number of hydrogen-bond donors (Lipinski definition) is 1. The van der Waals surface area contributed by atoms with Gasteiger partial charge in [0.2, 0.25) is 0 Å². The van der Waals surface area contributed by atoms with Crippen LogP contribution in [0.5, 0.6) is 0 Å². The summed E-state index contributed by atoms with van der Waals surface area (Å²) < 4.78 is 0. The molecule has 13 heavy (non-hydrogen) atoms. The van der Waals surface area contributed by atoms with Crippen molar-refractivity contribution in [3.05, 3.63) is 42.2 Å². The monoisotopic (exact) mass is 173 g/mol. The van der Waals surface area contributed by atoms with Crippen molar-refractivity contribution >= 4 is 0 Å². The first-order chi connectivity index (χ1) is 6.27. The molecule has 2 rings (SSSR count). The summed E-state index contributed by atoms with van der Waals surface area (Å²) in [5.41, 5.74) is 3.19. The van der Waals surface area contributed by atoms with Crippen LogP contribution < -0.4 is 5.84 Å². The Labute approximate surface area is 76.8 Å². The summed E-state index contributed by atoms with van der Waals surface area (Å²) in [6.07, 6.45) is 1.82. The largest absolute Gasteiger partial charge is 0.323 e. The molecule has 0 saturated carbocycles. The van der Waals surface area contributed by atoms with Crippen molar-refractivity contribution in [3.8, 4) is 11.1 Å². The zero-order valence-corrected chi connectivity index (χ0v) is 7.44. The Bertz CT molecular complexity index is 403. The van der Waals surface area contributed by atoms with E-state index < -0.39 is 0 Å². The van der Waals surface area contributed by atoms with Gasteiger partial charge < -0.3 is 5.84 Å². The van der Waals surface area contributed by atoms with E-state index in [0.717, 1.165) is 16.8 Å². The van der Waals surface area contributed by atoms with Crippen LogP contribution in [-0.4, -0.2) is 9.89 Å². The van der Waals surface area contributed by atoms with Gasteiger partial charge in [0.25, 0.3) is 0 Å². The van der Waals surface area contributed by atoms with E-state index in [1.165, 1.54) is 4.79 Å². The number of nitrogen functional groups attached to an aromatic ring is 1. The smallest absolute Gasteiger partial charge is 0.0692 e. The summed E-state index contributed by atoms with van der Waals surface area (Å²) in [5, 5.41) is 4.08. The molecule has 0 amide bonds. The van der Waals surface area contributed by atoms with E-state index in [9.17, 15) is 0 Å². The highest BCUT2D eigenvalue weighted by Gasteiger charge is 2.04. The number of aryl methyl sites for hydroxylation is 1. The Morgan fingerprint density at radius 3 is 2.46 bits per heavy atom. The van der Waals surface area contributed by atoms with E-state index in [1.807, 2.05) is 43.5 Å². The van der Waals surface area contributed by atoms with E-state index in [1.54, 1.807) is 0 Å². The van der Waals surface area contributed by atoms with Crippen molar-refractivity contribution in [1.82, 2.24) is 9.89 Å². The Balaban J connectivity index is 2.53. The molecule has 3 heteroatoms. The van der Waals surface area contributed by atoms with E-state index in [4.69, 9.17) is 5.84 Å². The summed E-state index contributed by atoms with van der Waals surface area (Å²) in [6.45, 7) is 1.95. The fourth-order valence-electron chi connectivity index (χ4n) is 1.38. The molecule has 2 aromatic rings. The lowest BCUT2D eigenvalue weighted by Crippen LogP contribution is -2.07. The van der Waals surface area contributed by atoms with Crippen LogP contribution in [0.25, 0.3) is 11.1 Å². The minimum atomic E-state index is 0.953. The molecule has 0 spiro atoms. The number of benzene rings is 1. The number of nitrogens with zero attached hydrogens (tertiary/aromatic N) is 2. The van der Waals surface area contributed by atoms with Gasteiger partial charge in [-0.15, -0.1) is 0 Å². The molecule has 1 heterocycles. The summed E-state index contributed by atoms with van der Waals surface area (Å²) in [5.74, 6) is 5.52. The number of nitrogens with two attached hydrogens (primary N) is 1. The highest BCUT2D eigenvalue weighted by atomic mass is 15.5. The molecule has 1 aromatic carbocycles. The van der Waals surface area contributed by atoms with Crippen LogP contribution in [0, 0.1) is 6.92 Å². The van der Waals surface area contributed by atoms with Crippen molar-refractivity contribution in [2.45, 2.75) is 6.92 Å². The maximum absolute atomic E-state index is 5.52. The quantitative estimate of drug-likeness (QED) is 0.665. The maximum Gasteiger partial charge on any atom is 0.0692 e. The maximum atomic E-state index is 5.52. The van der Waals surface area contributed by atoms with E-state index >= 15 is 0 Å². The molecule has 0 aliphatic rings. The summed E-state index contributed by atoms with van der Waals surface area (Å²) >= 11 is 0. The third-order valence-corrected chi connectivity index (χ3v) is 2.00. The van der Waals surface area contributed by atoms with Crippen LogP contribution >= 0.6 is 0 Å². The van der Waals surface area contributed by atoms with Gasteiger partial charge in [0.1, 0.15) is 0 Å². The minimum absolute atomic E-state index is 0.953. The second-order valence-corrected chi connectivity index (χ2v) is 2.97. The Morgan fingerprint density at radius 1 is 1.23 bits per heavy atom. The molecule has 0 fully saturated rings. The zero-order chi connectivity index (χ0) is 9.26. The first-order valence-electron chi connectivity index (χ1n) is 4.14. The fourth-order valence-corrected chi connectivity index (χ4v) is 1.38. The third kappa shape index (κ3) is 1.40. The molecule has 0 saturated heterocycles. The van der Waals surface area contributed by atoms with Gasteiger partial charge in [-0.2, -0.15) is 9.89 Å². The van der Waals surface area contributed by atoms with Crippen molar-refractivity contribution in [3.63, 3.8) is 0 Å². The second kappa shape index (κ2) is 2.94. The Hall–Kier alpha value is -1.77. The second-order valence-electron chi connectivity index (χ2n) is 2.97. The molecule has 0 unspecified atom stereocenters. The molecule has 3 nitrogen and oxygen atoms in total. The van der Waals surface area contributed by atoms with Crippen LogP contribution in [0.1, 0.15) is 5.69 Å². The van der Waals surface area contributed by atoms with Crippen LogP contribution in [0.15, 0.2) is 36.5 Å². The first kappa shape index (κ1) is 7.86. The number of aromatic nitrogens is 2. The van der Waals surface area contributed by atoms with Gasteiger partial charge in [-0.3, -0.25) is 0 Å². The molecular formula is C10H11N3. The van der Waals surface area contributed by atoms with Crippen LogP contribution in [0.3, 0.4) is 0 Å². The van der Waals surface area contributed by atoms with Crippen molar-refractivity contribution in [2.24, 2.45) is 0 Å². The average Bonchev–Trinajstić information content (AvgIpc) is 2.47. The minimum Gasteiger partial charge on any atom is -0.323 e. The molecular weight excluding hydrogens is 162 g/mol. The van der Waals surface area contributed by atoms with E-state index in [0.29, 0.717) is 0 Å². The van der Waals surface area contributed by atoms with Crippen LogP contribution in [0.4, 0.5) is 0 Å². The molecule has 0 atom stereocenters. The predicted octanol–water partition coefficient (Wildman–Crippen LogP) is 1.57. The van der Waals surface area contributed by atoms with Crippen molar-refractivity contribution in [2.75, 3.05) is 5.84 Å². The van der Waals surface area contributed by atoms with Gasteiger partial charge in [0.05, 0.1) is 11.9 Å². The van der Waals surface area contributed by atoms with Gasteiger partial charge in [-0.1, -0.05) is 30.3 Å². The van der Waals surface area contributed by atoms with Gasteiger partial charge in [0, 0.05) is 5.56 Å².